The third-order valence-electron chi connectivity index (χ3n) is 4.83. The monoisotopic (exact) mass is 415 g/mol. The SMILES string of the molecule is CC(=O)Nc1ccc(S(=O)(=O)N2CCCCC2c2nc3ccccc3s2)cc1. The normalized spacial score (nSPS) is 18.2. The van der Waals surface area contributed by atoms with Crippen LogP contribution in [0.15, 0.2) is 53.4 Å². The molecule has 1 aliphatic heterocycles. The van der Waals surface area contributed by atoms with E-state index in [0.29, 0.717) is 12.2 Å². The van der Waals surface area contributed by atoms with E-state index in [2.05, 4.69) is 5.32 Å². The summed E-state index contributed by atoms with van der Waals surface area (Å²) in [5.41, 5.74) is 1.48. The van der Waals surface area contributed by atoms with Crippen molar-refractivity contribution >= 4 is 43.2 Å². The van der Waals surface area contributed by atoms with Crippen LogP contribution in [0.3, 0.4) is 0 Å². The predicted octanol–water partition coefficient (Wildman–Crippen LogP) is 4.17. The number of anilines is 1. The second-order valence-corrected chi connectivity index (χ2v) is 9.81. The Balaban J connectivity index is 1.67. The first-order valence-electron chi connectivity index (χ1n) is 9.20. The zero-order chi connectivity index (χ0) is 19.7. The highest BCUT2D eigenvalue weighted by Crippen LogP contribution is 2.38. The number of sulfonamides is 1. The van der Waals surface area contributed by atoms with E-state index in [1.54, 1.807) is 39.9 Å². The third-order valence-corrected chi connectivity index (χ3v) is 7.89. The molecule has 8 heteroatoms. The van der Waals surface area contributed by atoms with E-state index in [-0.39, 0.29) is 16.8 Å². The van der Waals surface area contributed by atoms with Gasteiger partial charge in [0.05, 0.1) is 21.2 Å². The van der Waals surface area contributed by atoms with Gasteiger partial charge in [-0.05, 0) is 49.2 Å². The molecular formula is C20H21N3O3S2. The fraction of sp³-hybridized carbons (Fsp3) is 0.300. The number of carbonyl (C=O) groups excluding carboxylic acids is 1. The minimum atomic E-state index is -3.65. The number of para-hydroxylation sites is 1. The van der Waals surface area contributed by atoms with Gasteiger partial charge in [0.15, 0.2) is 0 Å². The maximum Gasteiger partial charge on any atom is 0.243 e. The maximum atomic E-state index is 13.3. The van der Waals surface area contributed by atoms with Gasteiger partial charge in [0, 0.05) is 19.2 Å². The summed E-state index contributed by atoms with van der Waals surface area (Å²) in [7, 11) is -3.65. The topological polar surface area (TPSA) is 79.4 Å². The van der Waals surface area contributed by atoms with Crippen LogP contribution in [-0.4, -0.2) is 30.2 Å². The molecule has 1 aromatic heterocycles. The molecular weight excluding hydrogens is 394 g/mol. The van der Waals surface area contributed by atoms with E-state index in [9.17, 15) is 13.2 Å². The first-order valence-corrected chi connectivity index (χ1v) is 11.5. The van der Waals surface area contributed by atoms with E-state index in [1.165, 1.54) is 6.92 Å². The van der Waals surface area contributed by atoms with Crippen LogP contribution in [0.4, 0.5) is 5.69 Å². The van der Waals surface area contributed by atoms with Gasteiger partial charge in [-0.15, -0.1) is 11.3 Å². The average molecular weight is 416 g/mol. The molecule has 4 rings (SSSR count). The van der Waals surface area contributed by atoms with E-state index in [1.807, 2.05) is 24.3 Å². The molecule has 6 nitrogen and oxygen atoms in total. The summed E-state index contributed by atoms with van der Waals surface area (Å²) in [4.78, 5) is 16.1. The summed E-state index contributed by atoms with van der Waals surface area (Å²) >= 11 is 1.56. The first kappa shape index (κ1) is 19.0. The Morgan fingerprint density at radius 1 is 1.14 bits per heavy atom. The molecule has 1 N–H and O–H groups in total. The van der Waals surface area contributed by atoms with Crippen molar-refractivity contribution < 1.29 is 13.2 Å². The number of thiazole rings is 1. The fourth-order valence-corrected chi connectivity index (χ4v) is 6.36. The summed E-state index contributed by atoms with van der Waals surface area (Å²) in [5, 5.41) is 3.50. The molecule has 1 fully saturated rings. The number of carbonyl (C=O) groups is 1. The quantitative estimate of drug-likeness (QED) is 0.694. The number of benzene rings is 2. The van der Waals surface area contributed by atoms with Gasteiger partial charge in [0.1, 0.15) is 5.01 Å². The molecule has 146 valence electrons. The minimum Gasteiger partial charge on any atom is -0.326 e. The number of hydrogen-bond donors (Lipinski definition) is 1. The molecule has 0 saturated carbocycles. The Kier molecular flexibility index (Phi) is 5.18. The lowest BCUT2D eigenvalue weighted by Crippen LogP contribution is -2.38. The van der Waals surface area contributed by atoms with Crippen LogP contribution in [0.2, 0.25) is 0 Å². The lowest BCUT2D eigenvalue weighted by molar-refractivity contribution is -0.114. The van der Waals surface area contributed by atoms with E-state index in [0.717, 1.165) is 34.5 Å². The highest BCUT2D eigenvalue weighted by molar-refractivity contribution is 7.89. The molecule has 0 aliphatic carbocycles. The number of nitrogens with zero attached hydrogens (tertiary/aromatic N) is 2. The number of amides is 1. The van der Waals surface area contributed by atoms with Crippen molar-refractivity contribution in [2.75, 3.05) is 11.9 Å². The Hall–Kier alpha value is -2.29. The summed E-state index contributed by atoms with van der Waals surface area (Å²) < 4.78 is 29.3. The van der Waals surface area contributed by atoms with E-state index in [4.69, 9.17) is 4.98 Å². The Labute approximate surface area is 168 Å². The standard InChI is InChI=1S/C20H21N3O3S2/c1-14(24)21-15-9-11-16(12-10-15)28(25,26)23-13-5-4-7-18(23)20-22-17-6-2-3-8-19(17)27-20/h2-3,6,8-12,18H,4-5,7,13H2,1H3,(H,21,24). The summed E-state index contributed by atoms with van der Waals surface area (Å²) in [5.74, 6) is -0.192. The maximum absolute atomic E-state index is 13.3. The highest BCUT2D eigenvalue weighted by Gasteiger charge is 2.36. The number of aromatic nitrogens is 1. The average Bonchev–Trinajstić information content (AvgIpc) is 3.12. The lowest BCUT2D eigenvalue weighted by atomic mass is 10.1. The van der Waals surface area contributed by atoms with Gasteiger partial charge in [0.25, 0.3) is 0 Å². The Morgan fingerprint density at radius 2 is 1.89 bits per heavy atom. The molecule has 0 spiro atoms. The van der Waals surface area contributed by atoms with Gasteiger partial charge < -0.3 is 5.32 Å². The molecule has 0 radical (unpaired) electrons. The van der Waals surface area contributed by atoms with Crippen molar-refractivity contribution in [3.8, 4) is 0 Å². The van der Waals surface area contributed by atoms with Crippen LogP contribution in [0.1, 0.15) is 37.2 Å². The Bertz CT molecular complexity index is 1070. The Morgan fingerprint density at radius 3 is 2.61 bits per heavy atom. The largest absolute Gasteiger partial charge is 0.326 e. The molecule has 28 heavy (non-hydrogen) atoms. The van der Waals surface area contributed by atoms with Crippen molar-refractivity contribution in [1.82, 2.24) is 9.29 Å². The van der Waals surface area contributed by atoms with Crippen molar-refractivity contribution in [2.45, 2.75) is 37.1 Å². The zero-order valence-electron chi connectivity index (χ0n) is 15.5. The van der Waals surface area contributed by atoms with Gasteiger partial charge >= 0.3 is 0 Å². The number of hydrogen-bond acceptors (Lipinski definition) is 5. The smallest absolute Gasteiger partial charge is 0.243 e. The van der Waals surface area contributed by atoms with Crippen LogP contribution in [0, 0.1) is 0 Å². The van der Waals surface area contributed by atoms with Crippen LogP contribution in [-0.2, 0) is 14.8 Å². The third kappa shape index (κ3) is 3.67. The second-order valence-electron chi connectivity index (χ2n) is 6.85. The second kappa shape index (κ2) is 7.62. The molecule has 2 heterocycles. The predicted molar refractivity (Wildman–Crippen MR) is 111 cm³/mol. The van der Waals surface area contributed by atoms with Gasteiger partial charge in [-0.1, -0.05) is 18.6 Å². The van der Waals surface area contributed by atoms with Gasteiger partial charge in [-0.25, -0.2) is 13.4 Å². The molecule has 1 amide bonds. The number of nitrogens with one attached hydrogen (secondary N) is 1. The number of fused-ring (bicyclic) bond motifs is 1. The number of rotatable bonds is 4. The lowest BCUT2D eigenvalue weighted by Gasteiger charge is -2.33. The molecule has 2 aromatic carbocycles. The zero-order valence-corrected chi connectivity index (χ0v) is 17.1. The highest BCUT2D eigenvalue weighted by atomic mass is 32.2. The summed E-state index contributed by atoms with van der Waals surface area (Å²) in [6, 6.07) is 14.0. The molecule has 1 saturated heterocycles. The summed E-state index contributed by atoms with van der Waals surface area (Å²) in [6.07, 6.45) is 2.59. The van der Waals surface area contributed by atoms with Crippen molar-refractivity contribution in [3.05, 3.63) is 53.5 Å². The molecule has 1 aliphatic rings. The van der Waals surface area contributed by atoms with Gasteiger partial charge in [0.2, 0.25) is 15.9 Å². The van der Waals surface area contributed by atoms with Crippen molar-refractivity contribution in [1.29, 1.82) is 0 Å². The van der Waals surface area contributed by atoms with Gasteiger partial charge in [-0.2, -0.15) is 4.31 Å². The minimum absolute atomic E-state index is 0.192. The molecule has 1 unspecified atom stereocenters. The van der Waals surface area contributed by atoms with E-state index >= 15 is 0 Å². The van der Waals surface area contributed by atoms with Crippen LogP contribution in [0.25, 0.3) is 10.2 Å². The molecule has 1 atom stereocenters. The van der Waals surface area contributed by atoms with Gasteiger partial charge in [-0.3, -0.25) is 4.79 Å². The molecule has 0 bridgehead atoms. The molecule has 3 aromatic rings. The number of piperidine rings is 1. The van der Waals surface area contributed by atoms with Crippen LogP contribution >= 0.6 is 11.3 Å². The first-order chi connectivity index (χ1) is 13.4. The van der Waals surface area contributed by atoms with Crippen molar-refractivity contribution in [2.24, 2.45) is 0 Å². The van der Waals surface area contributed by atoms with Crippen LogP contribution in [0.5, 0.6) is 0 Å². The van der Waals surface area contributed by atoms with E-state index < -0.39 is 10.0 Å². The van der Waals surface area contributed by atoms with Crippen LogP contribution < -0.4 is 5.32 Å². The summed E-state index contributed by atoms with van der Waals surface area (Å²) in [6.45, 7) is 1.90. The van der Waals surface area contributed by atoms with Crippen molar-refractivity contribution in [3.63, 3.8) is 0 Å². The fourth-order valence-electron chi connectivity index (χ4n) is 3.52.